The molecule has 50 heavy (non-hydrogen) atoms. The summed E-state index contributed by atoms with van der Waals surface area (Å²) < 4.78 is 115. The van der Waals surface area contributed by atoms with Gasteiger partial charge < -0.3 is 28.3 Å². The monoisotopic (exact) mass is 753 g/mol. The van der Waals surface area contributed by atoms with Crippen molar-refractivity contribution in [2.45, 2.75) is 43.4 Å². The summed E-state index contributed by atoms with van der Waals surface area (Å²) in [7, 11) is -13.4. The highest BCUT2D eigenvalue weighted by atomic mass is 32.2. The zero-order valence-electron chi connectivity index (χ0n) is 27.7. The zero-order chi connectivity index (χ0) is 36.7. The maximum Gasteiger partial charge on any atom is 0.264 e. The molecule has 1 aromatic carbocycles. The molecule has 1 aliphatic carbocycles. The molecule has 0 bridgehead atoms. The van der Waals surface area contributed by atoms with E-state index in [9.17, 15) is 44.0 Å². The third kappa shape index (κ3) is 10.1. The third-order valence-corrected chi connectivity index (χ3v) is 11.0. The normalized spacial score (nSPS) is 18.4. The molecule has 0 aromatic heterocycles. The first-order chi connectivity index (χ1) is 23.5. The molecule has 0 saturated heterocycles. The highest BCUT2D eigenvalue weighted by Crippen LogP contribution is 2.51. The quantitative estimate of drug-likeness (QED) is 0.115. The number of ether oxygens (including phenoxy) is 1. The van der Waals surface area contributed by atoms with Crippen LogP contribution in [0.3, 0.4) is 0 Å². The molecule has 1 aromatic rings. The molecule has 2 N–H and O–H groups in total. The Morgan fingerprint density at radius 3 is 2.42 bits per heavy atom. The van der Waals surface area contributed by atoms with E-state index in [1.165, 1.54) is 24.5 Å². The van der Waals surface area contributed by atoms with Crippen molar-refractivity contribution in [3.05, 3.63) is 83.1 Å². The molecule has 3 aliphatic rings. The van der Waals surface area contributed by atoms with Crippen LogP contribution in [0.15, 0.2) is 75.9 Å². The zero-order valence-corrected chi connectivity index (χ0v) is 30.2. The molecular formula is C33H41N2O12S3-. The minimum atomic E-state index is -4.81. The number of allylic oxidation sites excluding steroid dienone is 3. The van der Waals surface area contributed by atoms with Crippen molar-refractivity contribution in [1.82, 2.24) is 4.58 Å². The van der Waals surface area contributed by atoms with Gasteiger partial charge in [0.15, 0.2) is 0 Å². The van der Waals surface area contributed by atoms with Gasteiger partial charge in [0, 0.05) is 47.1 Å². The van der Waals surface area contributed by atoms with Crippen LogP contribution in [0.2, 0.25) is 0 Å². The summed E-state index contributed by atoms with van der Waals surface area (Å²) in [6.07, 6.45) is 7.38. The molecule has 2 aliphatic heterocycles. The van der Waals surface area contributed by atoms with Crippen LogP contribution in [-0.4, -0.2) is 95.0 Å². The Hall–Kier alpha value is -3.42. The van der Waals surface area contributed by atoms with Crippen molar-refractivity contribution in [2.75, 3.05) is 55.9 Å². The average molecular weight is 754 g/mol. The molecule has 4 rings (SSSR count). The van der Waals surface area contributed by atoms with Crippen LogP contribution in [0.5, 0.6) is 0 Å². The number of hydrogen-bond donors (Lipinski definition) is 2. The summed E-state index contributed by atoms with van der Waals surface area (Å²) in [6.45, 7) is 5.08. The lowest BCUT2D eigenvalue weighted by atomic mass is 9.77. The fraction of sp³-hybridized carbons (Fsp3) is 0.424. The van der Waals surface area contributed by atoms with Crippen molar-refractivity contribution in [1.29, 1.82) is 0 Å². The van der Waals surface area contributed by atoms with E-state index in [1.54, 1.807) is 12.1 Å². The van der Waals surface area contributed by atoms with Crippen LogP contribution in [0, 0.1) is 0 Å². The van der Waals surface area contributed by atoms with Gasteiger partial charge in [-0.3, -0.25) is 4.55 Å². The second-order valence-corrected chi connectivity index (χ2v) is 16.5. The fourth-order valence-electron chi connectivity index (χ4n) is 6.23. The van der Waals surface area contributed by atoms with Crippen molar-refractivity contribution in [2.24, 2.45) is 0 Å². The molecular weight excluding hydrogens is 713 g/mol. The van der Waals surface area contributed by atoms with E-state index in [1.807, 2.05) is 53.7 Å². The van der Waals surface area contributed by atoms with Crippen molar-refractivity contribution < 1.29 is 53.2 Å². The summed E-state index contributed by atoms with van der Waals surface area (Å²) in [5.41, 5.74) is 2.34. The minimum absolute atomic E-state index is 0.0354. The van der Waals surface area contributed by atoms with E-state index in [-0.39, 0.29) is 45.6 Å². The van der Waals surface area contributed by atoms with Crippen LogP contribution >= 0.6 is 0 Å². The van der Waals surface area contributed by atoms with E-state index >= 15 is 0 Å². The molecule has 2 heterocycles. The first-order valence-corrected chi connectivity index (χ1v) is 20.5. The number of benzene rings is 2. The third-order valence-electron chi connectivity index (χ3n) is 8.59. The maximum atomic E-state index is 12.0. The number of nitrogens with zero attached hydrogens (tertiary/aromatic N) is 2. The topological polar surface area (TPSA) is 218 Å². The Morgan fingerprint density at radius 2 is 1.76 bits per heavy atom. The van der Waals surface area contributed by atoms with E-state index in [0.717, 1.165) is 16.5 Å². The molecule has 14 nitrogen and oxygen atoms in total. The van der Waals surface area contributed by atoms with Crippen LogP contribution in [0.1, 0.15) is 44.2 Å². The van der Waals surface area contributed by atoms with Gasteiger partial charge in [0.25, 0.3) is 10.1 Å². The number of aliphatic hydroxyl groups is 1. The molecule has 0 saturated carbocycles. The van der Waals surface area contributed by atoms with Gasteiger partial charge in [-0.1, -0.05) is 12.2 Å². The summed E-state index contributed by atoms with van der Waals surface area (Å²) in [6, 6.07) is 11.4. The van der Waals surface area contributed by atoms with Gasteiger partial charge in [-0.05, 0) is 74.2 Å². The fourth-order valence-corrected chi connectivity index (χ4v) is 7.71. The molecule has 1 unspecified atom stereocenters. The highest BCUT2D eigenvalue weighted by Gasteiger charge is 2.43. The molecule has 1 atom stereocenters. The summed E-state index contributed by atoms with van der Waals surface area (Å²) in [5, 5.41) is 9.97. The van der Waals surface area contributed by atoms with Gasteiger partial charge in [-0.15, -0.1) is 0 Å². The molecule has 0 spiro atoms. The summed E-state index contributed by atoms with van der Waals surface area (Å²) >= 11 is 0. The Labute approximate surface area is 292 Å². The van der Waals surface area contributed by atoms with Gasteiger partial charge in [-0.2, -0.15) is 8.42 Å². The second kappa shape index (κ2) is 16.3. The Kier molecular flexibility index (Phi) is 12.8. The Morgan fingerprint density at radius 1 is 1.00 bits per heavy atom. The Bertz CT molecular complexity index is 2110. The molecule has 17 heteroatoms. The second-order valence-electron chi connectivity index (χ2n) is 12.0. The van der Waals surface area contributed by atoms with Crippen LogP contribution in [0.25, 0.3) is 17.4 Å². The lowest BCUT2D eigenvalue weighted by molar-refractivity contribution is 0.0971. The van der Waals surface area contributed by atoms with Crippen LogP contribution in [0.4, 0.5) is 5.69 Å². The van der Waals surface area contributed by atoms with Gasteiger partial charge in [0.1, 0.15) is 29.0 Å². The minimum Gasteiger partial charge on any atom is -0.748 e. The highest BCUT2D eigenvalue weighted by molar-refractivity contribution is 7.86. The Balaban J connectivity index is 1.76. The predicted molar refractivity (Wildman–Crippen MR) is 185 cm³/mol. The van der Waals surface area contributed by atoms with E-state index in [4.69, 9.17) is 9.15 Å². The number of fused-ring (bicyclic) bond motifs is 2. The van der Waals surface area contributed by atoms with Gasteiger partial charge >= 0.3 is 0 Å². The number of hydrogen-bond acceptors (Lipinski definition) is 12. The van der Waals surface area contributed by atoms with Crippen molar-refractivity contribution in [3.8, 4) is 11.3 Å². The van der Waals surface area contributed by atoms with E-state index < -0.39 is 52.2 Å². The SMILES string of the molecule is CC[N+](CCCS(=O)(=O)[O-])=c1ccc2c(/C=C/C=C3/N(CCOCCO)c4ccc(S(=O)(=O)[O-])cc4C3(C)CCCS(=O)(=O)O)ccoc-2c1. The van der Waals surface area contributed by atoms with Gasteiger partial charge in [0.2, 0.25) is 5.36 Å². The predicted octanol–water partition coefficient (Wildman–Crippen LogP) is 2.37. The number of rotatable bonds is 17. The van der Waals surface area contributed by atoms with E-state index in [0.29, 0.717) is 35.8 Å². The molecule has 0 fully saturated rings. The number of anilines is 1. The van der Waals surface area contributed by atoms with Crippen molar-refractivity contribution >= 4 is 42.1 Å². The average Bonchev–Trinajstić information content (AvgIpc) is 3.26. The summed E-state index contributed by atoms with van der Waals surface area (Å²) in [4.78, 5) is 1.47. The van der Waals surface area contributed by atoms with Crippen LogP contribution in [-0.2, 0) is 40.5 Å². The standard InChI is InChI=1S/C33H42N2O12S3/c1-3-34(15-6-22-49(40,41)42)26-9-11-28-25(13-18-47-31(28)23-26)7-4-8-32-33(2,14-5-21-48(37,38)39)29-24-27(50(43,44)45)10-12-30(29)35(32)16-19-46-20-17-36/h4,7-13,18,23-24,36H,3,5-6,14-17,19-22H2,1-2H3,(H2-,37,38,39,40,41,42,43,44,45)/p-1. The largest absolute Gasteiger partial charge is 0.748 e. The smallest absolute Gasteiger partial charge is 0.264 e. The first-order valence-electron chi connectivity index (χ1n) is 15.9. The van der Waals surface area contributed by atoms with E-state index in [2.05, 4.69) is 0 Å². The lowest BCUT2D eigenvalue weighted by Gasteiger charge is -2.30. The first kappa shape index (κ1) is 39.4. The molecule has 0 radical (unpaired) electrons. The molecule has 0 amide bonds. The van der Waals surface area contributed by atoms with Gasteiger partial charge in [-0.25, -0.2) is 21.4 Å². The molecule has 274 valence electrons. The number of aliphatic hydroxyl groups excluding tert-OH is 1. The maximum absolute atomic E-state index is 12.0. The van der Waals surface area contributed by atoms with Crippen molar-refractivity contribution in [3.63, 3.8) is 0 Å². The summed E-state index contributed by atoms with van der Waals surface area (Å²) in [5.74, 6) is -0.415. The van der Waals surface area contributed by atoms with Crippen LogP contribution < -0.4 is 14.8 Å². The van der Waals surface area contributed by atoms with Gasteiger partial charge in [0.05, 0.1) is 52.9 Å². The lowest BCUT2D eigenvalue weighted by Crippen LogP contribution is -2.31.